The first kappa shape index (κ1) is 23.1. The van der Waals surface area contributed by atoms with Gasteiger partial charge >= 0.3 is 6.18 Å². The smallest absolute Gasteiger partial charge is 0.355 e. The van der Waals surface area contributed by atoms with E-state index in [1.54, 1.807) is 6.07 Å². The van der Waals surface area contributed by atoms with Gasteiger partial charge in [-0.05, 0) is 43.0 Å². The number of fused-ring (bicyclic) bond motifs is 2. The number of H-pyrrole nitrogens is 1. The molecular formula is C23H25F3N8O. The molecule has 1 aliphatic rings. The minimum Gasteiger partial charge on any atom is -0.355 e. The number of piperidine rings is 1. The second-order valence-corrected chi connectivity index (χ2v) is 9.11. The lowest BCUT2D eigenvalue weighted by molar-refractivity contribution is -0.146. The molecule has 1 aromatic carbocycles. The van der Waals surface area contributed by atoms with Gasteiger partial charge in [-0.15, -0.1) is 15.3 Å². The minimum absolute atomic E-state index is 0.0284. The molecule has 1 aliphatic heterocycles. The summed E-state index contributed by atoms with van der Waals surface area (Å²) in [5, 5.41) is 14.0. The van der Waals surface area contributed by atoms with Crippen LogP contribution < -0.4 is 10.2 Å². The number of carbonyl (C=O) groups excluding carboxylic acids is 1. The van der Waals surface area contributed by atoms with Crippen molar-refractivity contribution in [1.82, 2.24) is 35.1 Å². The molecule has 35 heavy (non-hydrogen) atoms. The zero-order valence-corrected chi connectivity index (χ0v) is 19.3. The molecule has 3 aromatic heterocycles. The maximum atomic E-state index is 13.2. The molecular weight excluding hydrogens is 461 g/mol. The molecule has 12 heteroatoms. The number of rotatable bonds is 5. The van der Waals surface area contributed by atoms with Gasteiger partial charge in [0, 0.05) is 19.0 Å². The number of nitrogens with one attached hydrogen (secondary N) is 2. The molecule has 1 atom stereocenters. The second-order valence-electron chi connectivity index (χ2n) is 9.11. The monoisotopic (exact) mass is 486 g/mol. The van der Waals surface area contributed by atoms with Crippen LogP contribution in [0, 0.1) is 11.8 Å². The van der Waals surface area contributed by atoms with Crippen molar-refractivity contribution in [2.45, 2.75) is 38.9 Å². The third kappa shape index (κ3) is 4.52. The first-order valence-electron chi connectivity index (χ1n) is 11.5. The van der Waals surface area contributed by atoms with Crippen LogP contribution in [-0.4, -0.2) is 48.8 Å². The van der Waals surface area contributed by atoms with Gasteiger partial charge in [-0.1, -0.05) is 26.0 Å². The highest BCUT2D eigenvalue weighted by molar-refractivity contribution is 5.80. The summed E-state index contributed by atoms with van der Waals surface area (Å²) in [5.74, 6) is -0.175. The maximum absolute atomic E-state index is 13.2. The molecule has 4 aromatic rings. The van der Waals surface area contributed by atoms with E-state index in [4.69, 9.17) is 0 Å². The molecule has 0 radical (unpaired) electrons. The van der Waals surface area contributed by atoms with Gasteiger partial charge in [0.1, 0.15) is 11.6 Å². The summed E-state index contributed by atoms with van der Waals surface area (Å²) >= 11 is 0. The lowest BCUT2D eigenvalue weighted by atomic mass is 9.94. The van der Waals surface area contributed by atoms with E-state index in [2.05, 4.69) is 30.6 Å². The van der Waals surface area contributed by atoms with E-state index in [1.165, 1.54) is 6.07 Å². The highest BCUT2D eigenvalue weighted by Gasteiger charge is 2.38. The molecule has 0 aliphatic carbocycles. The van der Waals surface area contributed by atoms with E-state index >= 15 is 0 Å². The topological polar surface area (TPSA) is 104 Å². The van der Waals surface area contributed by atoms with E-state index in [9.17, 15) is 18.0 Å². The number of anilines is 1. The Morgan fingerprint density at radius 2 is 1.86 bits per heavy atom. The van der Waals surface area contributed by atoms with Crippen LogP contribution in [-0.2, 0) is 11.0 Å². The Balaban J connectivity index is 1.26. The number of hydrogen-bond donors (Lipinski definition) is 2. The van der Waals surface area contributed by atoms with E-state index < -0.39 is 12.0 Å². The van der Waals surface area contributed by atoms with Crippen molar-refractivity contribution in [2.24, 2.45) is 11.8 Å². The highest BCUT2D eigenvalue weighted by atomic mass is 19.4. The number of imidazole rings is 1. The van der Waals surface area contributed by atoms with Crippen molar-refractivity contribution >= 4 is 28.4 Å². The van der Waals surface area contributed by atoms with Crippen LogP contribution in [0.5, 0.6) is 0 Å². The first-order valence-corrected chi connectivity index (χ1v) is 11.5. The highest BCUT2D eigenvalue weighted by Crippen LogP contribution is 2.29. The third-order valence-electron chi connectivity index (χ3n) is 6.36. The lowest BCUT2D eigenvalue weighted by Crippen LogP contribution is -2.43. The molecule has 9 nitrogen and oxygen atoms in total. The van der Waals surface area contributed by atoms with Crippen molar-refractivity contribution in [3.8, 4) is 0 Å². The van der Waals surface area contributed by atoms with Crippen LogP contribution in [0.15, 0.2) is 36.4 Å². The second kappa shape index (κ2) is 8.82. The third-order valence-corrected chi connectivity index (χ3v) is 6.36. The largest absolute Gasteiger partial charge is 0.453 e. The average molecular weight is 487 g/mol. The predicted molar refractivity (Wildman–Crippen MR) is 123 cm³/mol. The van der Waals surface area contributed by atoms with Crippen molar-refractivity contribution < 1.29 is 18.0 Å². The Morgan fingerprint density at radius 3 is 2.54 bits per heavy atom. The normalized spacial score (nSPS) is 16.3. The van der Waals surface area contributed by atoms with Crippen LogP contribution in [0.1, 0.15) is 44.4 Å². The lowest BCUT2D eigenvalue weighted by Gasteiger charge is -2.33. The zero-order valence-electron chi connectivity index (χ0n) is 19.3. The molecule has 2 N–H and O–H groups in total. The standard InChI is InChI=1S/C23H25F3N8O/c1-13(2)19(20-27-15-5-3-4-6-16(15)28-20)29-21(35)14-9-11-33(12-10-14)18-8-7-17-30-31-22(23(24,25)26)34(17)32-18/h3-8,13-14,19H,9-12H2,1-2H3,(H,27,28)(H,29,35)/t19-/m0/s1. The van der Waals surface area contributed by atoms with Gasteiger partial charge in [-0.3, -0.25) is 4.79 Å². The molecule has 5 rings (SSSR count). The summed E-state index contributed by atoms with van der Waals surface area (Å²) < 4.78 is 40.3. The van der Waals surface area contributed by atoms with E-state index in [0.717, 1.165) is 16.9 Å². The summed E-state index contributed by atoms with van der Waals surface area (Å²) in [5.41, 5.74) is 1.80. The number of hydrogen-bond acceptors (Lipinski definition) is 6. The van der Waals surface area contributed by atoms with E-state index in [1.807, 2.05) is 43.0 Å². The van der Waals surface area contributed by atoms with Gasteiger partial charge in [-0.25, -0.2) is 4.98 Å². The minimum atomic E-state index is -4.65. The maximum Gasteiger partial charge on any atom is 0.453 e. The van der Waals surface area contributed by atoms with Gasteiger partial charge in [0.15, 0.2) is 5.65 Å². The van der Waals surface area contributed by atoms with E-state index in [0.29, 0.717) is 36.3 Å². The van der Waals surface area contributed by atoms with Gasteiger partial charge in [0.25, 0.3) is 5.82 Å². The summed E-state index contributed by atoms with van der Waals surface area (Å²) in [4.78, 5) is 22.9. The van der Waals surface area contributed by atoms with Gasteiger partial charge in [0.2, 0.25) is 5.91 Å². The molecule has 1 amide bonds. The Kier molecular flexibility index (Phi) is 5.81. The first-order chi connectivity index (χ1) is 16.7. The number of carbonyl (C=O) groups is 1. The Hall–Kier alpha value is -3.70. The summed E-state index contributed by atoms with van der Waals surface area (Å²) in [6, 6.07) is 10.6. The average Bonchev–Trinajstić information content (AvgIpc) is 3.46. The fraction of sp³-hybridized carbons (Fsp3) is 0.435. The van der Waals surface area contributed by atoms with Crippen LogP contribution in [0.3, 0.4) is 0 Å². The summed E-state index contributed by atoms with van der Waals surface area (Å²) in [6.45, 7) is 5.06. The summed E-state index contributed by atoms with van der Waals surface area (Å²) in [6.07, 6.45) is -3.53. The van der Waals surface area contributed by atoms with Crippen LogP contribution in [0.4, 0.5) is 19.0 Å². The van der Waals surface area contributed by atoms with Crippen molar-refractivity contribution in [1.29, 1.82) is 0 Å². The van der Waals surface area contributed by atoms with Crippen molar-refractivity contribution in [3.05, 3.63) is 48.0 Å². The van der Waals surface area contributed by atoms with Crippen LogP contribution in [0.25, 0.3) is 16.7 Å². The number of halogens is 3. The molecule has 1 fully saturated rings. The Bertz CT molecular complexity index is 1320. The van der Waals surface area contributed by atoms with Crippen LogP contribution >= 0.6 is 0 Å². The van der Waals surface area contributed by atoms with E-state index in [-0.39, 0.29) is 29.4 Å². The molecule has 184 valence electrons. The van der Waals surface area contributed by atoms with Crippen molar-refractivity contribution in [2.75, 3.05) is 18.0 Å². The fourth-order valence-corrected chi connectivity index (χ4v) is 4.44. The molecule has 0 unspecified atom stereocenters. The van der Waals surface area contributed by atoms with Gasteiger partial charge in [0.05, 0.1) is 17.1 Å². The van der Waals surface area contributed by atoms with Gasteiger partial charge in [-0.2, -0.15) is 17.7 Å². The Morgan fingerprint density at radius 1 is 1.11 bits per heavy atom. The fourth-order valence-electron chi connectivity index (χ4n) is 4.44. The molecule has 0 saturated carbocycles. The molecule has 0 bridgehead atoms. The molecule has 1 saturated heterocycles. The zero-order chi connectivity index (χ0) is 24.7. The SMILES string of the molecule is CC(C)[C@H](NC(=O)C1CCN(c2ccc3nnc(C(F)(F)F)n3n2)CC1)c1nc2ccccc2[nH]1. The number of benzene rings is 1. The predicted octanol–water partition coefficient (Wildman–Crippen LogP) is 3.75. The number of amides is 1. The Labute approximate surface area is 198 Å². The molecule has 0 spiro atoms. The number of aromatic nitrogens is 6. The number of aromatic amines is 1. The number of alkyl halides is 3. The van der Waals surface area contributed by atoms with Crippen LogP contribution in [0.2, 0.25) is 0 Å². The quantitative estimate of drug-likeness (QED) is 0.445. The van der Waals surface area contributed by atoms with Crippen molar-refractivity contribution in [3.63, 3.8) is 0 Å². The molecule has 4 heterocycles. The number of para-hydroxylation sites is 2. The number of nitrogens with zero attached hydrogens (tertiary/aromatic N) is 6. The van der Waals surface area contributed by atoms with Gasteiger partial charge < -0.3 is 15.2 Å². The summed E-state index contributed by atoms with van der Waals surface area (Å²) in [7, 11) is 0.